The van der Waals surface area contributed by atoms with Crippen molar-refractivity contribution >= 4 is 153 Å². The summed E-state index contributed by atoms with van der Waals surface area (Å²) in [4.78, 5) is 38.4. The van der Waals surface area contributed by atoms with E-state index in [9.17, 15) is 0 Å². The van der Waals surface area contributed by atoms with E-state index in [1.54, 1.807) is 0 Å². The number of rotatable bonds is 0. The molecule has 8 aliphatic carbocycles. The molecular formula is C128H76N12. The van der Waals surface area contributed by atoms with Gasteiger partial charge in [-0.3, -0.25) is 37.5 Å². The largest absolute Gasteiger partial charge is 0.290 e. The molecule has 12 nitrogen and oxygen atoms in total. The van der Waals surface area contributed by atoms with Crippen LogP contribution in [0.15, 0.2) is 365 Å². The van der Waals surface area contributed by atoms with Crippen molar-refractivity contribution in [1.82, 2.24) is 57.5 Å². The highest BCUT2D eigenvalue weighted by Gasteiger charge is 2.37. The second-order valence-corrected chi connectivity index (χ2v) is 39.2. The van der Waals surface area contributed by atoms with Crippen molar-refractivity contribution in [3.05, 3.63) is 454 Å². The number of para-hydroxylation sites is 8. The maximum atomic E-state index is 5.09. The van der Waals surface area contributed by atoms with Gasteiger partial charge in [0.25, 0.3) is 0 Å². The lowest BCUT2D eigenvalue weighted by Crippen LogP contribution is -1.95. The molecule has 36 rings (SSSR count). The minimum Gasteiger partial charge on any atom is -0.290 e. The first-order valence-corrected chi connectivity index (χ1v) is 48.7. The van der Waals surface area contributed by atoms with Gasteiger partial charge in [-0.2, -0.15) is 0 Å². The van der Waals surface area contributed by atoms with Crippen LogP contribution in [0, 0.1) is 0 Å². The van der Waals surface area contributed by atoms with Crippen LogP contribution in [0.1, 0.15) is 89.0 Å². The van der Waals surface area contributed by atoms with E-state index in [0.717, 1.165) is 140 Å². The summed E-state index contributed by atoms with van der Waals surface area (Å²) >= 11 is 0. The van der Waals surface area contributed by atoms with Crippen molar-refractivity contribution < 1.29 is 0 Å². The maximum Gasteiger partial charge on any atom is 0.146 e. The number of hydrogen-bond acceptors (Lipinski definition) is 8. The van der Waals surface area contributed by atoms with Gasteiger partial charge < -0.3 is 0 Å². The van der Waals surface area contributed by atoms with E-state index in [2.05, 4.69) is 353 Å². The molecule has 0 spiro atoms. The van der Waals surface area contributed by atoms with Gasteiger partial charge in [-0.05, 0) is 360 Å². The molecule has 12 heteroatoms. The maximum absolute atomic E-state index is 5.09. The molecule has 648 valence electrons. The second-order valence-electron chi connectivity index (χ2n) is 39.2. The molecule has 0 N–H and O–H groups in total. The van der Waals surface area contributed by atoms with E-state index in [4.69, 9.17) is 19.9 Å². The van der Waals surface area contributed by atoms with Crippen LogP contribution in [-0.4, -0.2) is 57.5 Å². The van der Waals surface area contributed by atoms with E-state index >= 15 is 0 Å². The van der Waals surface area contributed by atoms with Crippen LogP contribution >= 0.6 is 0 Å². The lowest BCUT2D eigenvalue weighted by molar-refractivity contribution is 1.17. The Balaban J connectivity index is 0.0000000829. The van der Waals surface area contributed by atoms with Crippen molar-refractivity contribution in [2.24, 2.45) is 0 Å². The Morgan fingerprint density at radius 1 is 0.164 bits per heavy atom. The molecule has 8 aliphatic rings. The zero-order chi connectivity index (χ0) is 90.7. The Morgan fingerprint density at radius 2 is 0.429 bits per heavy atom. The predicted octanol–water partition coefficient (Wildman–Crippen LogP) is 29.3. The summed E-state index contributed by atoms with van der Waals surface area (Å²) < 4.78 is 9.12. The SMILES string of the molecule is c1ccc2c(c1)Cc1c-2ccc2c1-c1ccc3c(c1C2)c1ccncc1n1c2ccccc2nc31.c1ccc2c(c1)Cc1c-2ccc2c1Cc1c-2ccc2c1c1ccncc1n1c3ccccc3nc21.c1ccc2c(c1)Cc1cc3c(cc1-2)Cc1c-3ccc2c1c1ccncc1n1c3ccccc3nc21.c1ccc2c(c1)Cc1ccc3c(c1-2)Cc1c-3ccc2c1c1ccncc1n1c3ccccc3nc21. The Hall–Kier alpha value is -18.0. The van der Waals surface area contributed by atoms with Crippen molar-refractivity contribution in [2.75, 3.05) is 0 Å². The van der Waals surface area contributed by atoms with Crippen LogP contribution in [0.5, 0.6) is 0 Å². The Labute approximate surface area is 799 Å². The quantitative estimate of drug-likeness (QED) is 0.138. The topological polar surface area (TPSA) is 121 Å². The van der Waals surface area contributed by atoms with Gasteiger partial charge in [0.2, 0.25) is 0 Å². The lowest BCUT2D eigenvalue weighted by Gasteiger charge is -2.13. The normalized spacial score (nSPS) is 13.5. The minimum atomic E-state index is 0.950. The van der Waals surface area contributed by atoms with Gasteiger partial charge in [-0.25, -0.2) is 19.9 Å². The zero-order valence-electron chi connectivity index (χ0n) is 75.7. The number of fused-ring (bicyclic) bond motifs is 63. The first kappa shape index (κ1) is 75.3. The Morgan fingerprint density at radius 3 is 0.893 bits per heavy atom. The molecule has 16 aromatic carbocycles. The average molecular weight is 1780 g/mol. The fourth-order valence-corrected chi connectivity index (χ4v) is 26.8. The van der Waals surface area contributed by atoms with Crippen LogP contribution in [0.3, 0.4) is 0 Å². The molecule has 0 radical (unpaired) electrons. The molecule has 12 aromatic heterocycles. The molecule has 0 unspecified atom stereocenters. The van der Waals surface area contributed by atoms with E-state index in [1.165, 1.54) is 243 Å². The Bertz CT molecular complexity index is 10600. The number of imidazole rings is 4. The molecule has 140 heavy (non-hydrogen) atoms. The highest BCUT2D eigenvalue weighted by molar-refractivity contribution is 6.22. The van der Waals surface area contributed by atoms with Crippen molar-refractivity contribution in [3.8, 4) is 89.0 Å². The van der Waals surface area contributed by atoms with Gasteiger partial charge in [0, 0.05) is 67.9 Å². The monoisotopic (exact) mass is 1780 g/mol. The molecule has 0 fully saturated rings. The second kappa shape index (κ2) is 27.9. The standard InChI is InChI=1S/4C32H19N3/c1-2-6-21-18(5-1)13-19-14-26-20(15-25(19)21)16-27-22(26)9-10-24-31(27)23-11-12-33-17-30(23)35-29-8-4-3-7-28(29)34-32(24)35;1-2-6-20-18(5-1)15-25-21(20)10-9-19-16-26-22(30(19)25)11-12-24-31(26)23-13-14-33-17-29(23)35-28-8-4-3-7-27(28)34-32(24)35;1-2-6-20-18(5-1)15-19-9-10-21-22-11-12-24-31(26(22)16-25(21)30(19)20)23-13-14-33-17-29(23)35-28-8-4-3-7-27(28)34-32(24)35;1-2-6-19-18(5-1)15-25-20(19)9-10-21-22-11-12-24-31(27(22)16-26(21)25)23-13-14-33-17-30(23)35-29-8-4-3-7-28(29)34-32(24)35/h1-12,14-15,17H,13,16H2;3*1-14,17H,15-16H2. The van der Waals surface area contributed by atoms with Crippen molar-refractivity contribution in [1.29, 1.82) is 0 Å². The summed E-state index contributed by atoms with van der Waals surface area (Å²) in [5.74, 6) is 0. The number of aromatic nitrogens is 12. The molecule has 12 heterocycles. The molecule has 0 aliphatic heterocycles. The fourth-order valence-electron chi connectivity index (χ4n) is 26.8. The minimum absolute atomic E-state index is 0.950. The highest BCUT2D eigenvalue weighted by atomic mass is 15.1. The smallest absolute Gasteiger partial charge is 0.146 e. The predicted molar refractivity (Wildman–Crippen MR) is 568 cm³/mol. The van der Waals surface area contributed by atoms with Gasteiger partial charge >= 0.3 is 0 Å². The van der Waals surface area contributed by atoms with Crippen molar-refractivity contribution in [3.63, 3.8) is 0 Å². The fraction of sp³-hybridized carbons (Fsp3) is 0.0625. The summed E-state index contributed by atoms with van der Waals surface area (Å²) in [5.41, 5.74) is 62.6. The zero-order valence-corrected chi connectivity index (χ0v) is 75.7. The molecule has 0 bridgehead atoms. The van der Waals surface area contributed by atoms with E-state index in [1.807, 2.05) is 49.6 Å². The van der Waals surface area contributed by atoms with Crippen LogP contribution in [-0.2, 0) is 51.4 Å². The highest BCUT2D eigenvalue weighted by Crippen LogP contribution is 2.57. The molecular weight excluding hydrogens is 1710 g/mol. The van der Waals surface area contributed by atoms with Crippen LogP contribution < -0.4 is 0 Å². The average Bonchev–Trinajstić information content (AvgIpc) is 1.55. The van der Waals surface area contributed by atoms with Crippen LogP contribution in [0.2, 0.25) is 0 Å². The molecule has 0 saturated carbocycles. The third kappa shape index (κ3) is 10.2. The van der Waals surface area contributed by atoms with E-state index in [-0.39, 0.29) is 0 Å². The Kier molecular flexibility index (Phi) is 15.0. The lowest BCUT2D eigenvalue weighted by atomic mass is 9.93. The van der Waals surface area contributed by atoms with E-state index < -0.39 is 0 Å². The van der Waals surface area contributed by atoms with Gasteiger partial charge in [0.05, 0.1) is 91.0 Å². The first-order valence-electron chi connectivity index (χ1n) is 48.7. The first-order chi connectivity index (χ1) is 69.4. The molecule has 0 amide bonds. The number of hydrogen-bond donors (Lipinski definition) is 0. The van der Waals surface area contributed by atoms with Crippen LogP contribution in [0.25, 0.3) is 242 Å². The number of pyridine rings is 8. The van der Waals surface area contributed by atoms with Crippen LogP contribution in [0.4, 0.5) is 0 Å². The molecule has 28 aromatic rings. The third-order valence-corrected chi connectivity index (χ3v) is 32.5. The number of benzene rings is 16. The summed E-state index contributed by atoms with van der Waals surface area (Å²) in [6.07, 6.45) is 23.6. The van der Waals surface area contributed by atoms with Gasteiger partial charge in [-0.15, -0.1) is 0 Å². The number of nitrogens with zero attached hydrogens (tertiary/aromatic N) is 12. The van der Waals surface area contributed by atoms with Gasteiger partial charge in [0.1, 0.15) is 22.6 Å². The van der Waals surface area contributed by atoms with Crippen molar-refractivity contribution in [2.45, 2.75) is 51.4 Å². The third-order valence-electron chi connectivity index (χ3n) is 32.5. The van der Waals surface area contributed by atoms with E-state index in [0.29, 0.717) is 0 Å². The van der Waals surface area contributed by atoms with Gasteiger partial charge in [0.15, 0.2) is 0 Å². The summed E-state index contributed by atoms with van der Waals surface area (Å²) in [7, 11) is 0. The summed E-state index contributed by atoms with van der Waals surface area (Å²) in [6, 6.07) is 115. The molecule has 0 atom stereocenters. The summed E-state index contributed by atoms with van der Waals surface area (Å²) in [5, 5.41) is 15.1. The van der Waals surface area contributed by atoms with Gasteiger partial charge in [-0.1, -0.05) is 206 Å². The summed E-state index contributed by atoms with van der Waals surface area (Å²) in [6.45, 7) is 0. The molecule has 0 saturated heterocycles.